The van der Waals surface area contributed by atoms with Crippen LogP contribution < -0.4 is 5.32 Å². The van der Waals surface area contributed by atoms with E-state index in [0.717, 1.165) is 13.0 Å². The van der Waals surface area contributed by atoms with Crippen LogP contribution in [0.15, 0.2) is 36.5 Å². The van der Waals surface area contributed by atoms with E-state index >= 15 is 0 Å². The molecule has 2 amide bonds. The van der Waals surface area contributed by atoms with E-state index in [1.165, 1.54) is 21.5 Å². The molecule has 0 radical (unpaired) electrons. The molecule has 8 heteroatoms. The average molecular weight is 364 g/mol. The van der Waals surface area contributed by atoms with Gasteiger partial charge in [-0.1, -0.05) is 18.2 Å². The summed E-state index contributed by atoms with van der Waals surface area (Å²) in [5.41, 5.74) is 1.20. The van der Waals surface area contributed by atoms with E-state index in [2.05, 4.69) is 34.3 Å². The van der Waals surface area contributed by atoms with Gasteiger partial charge in [-0.05, 0) is 23.9 Å². The van der Waals surface area contributed by atoms with Crippen LogP contribution in [0.2, 0.25) is 0 Å². The summed E-state index contributed by atoms with van der Waals surface area (Å²) in [6.07, 6.45) is 4.11. The van der Waals surface area contributed by atoms with E-state index in [0.29, 0.717) is 32.7 Å². The first-order valence-corrected chi connectivity index (χ1v) is 10.3. The zero-order chi connectivity index (χ0) is 17.9. The van der Waals surface area contributed by atoms with Crippen LogP contribution in [-0.2, 0) is 16.6 Å². The third kappa shape index (κ3) is 4.32. The molecule has 2 heterocycles. The number of rotatable bonds is 5. The van der Waals surface area contributed by atoms with Crippen molar-refractivity contribution in [2.45, 2.75) is 13.0 Å². The summed E-state index contributed by atoms with van der Waals surface area (Å²) < 4.78 is 26.6. The Morgan fingerprint density at radius 1 is 1.12 bits per heavy atom. The lowest BCUT2D eigenvalue weighted by molar-refractivity contribution is 0.172. The lowest BCUT2D eigenvalue weighted by atomic mass is 10.2. The number of hydrogen-bond acceptors (Lipinski definition) is 3. The van der Waals surface area contributed by atoms with Gasteiger partial charge in [0, 0.05) is 51.0 Å². The fourth-order valence-corrected chi connectivity index (χ4v) is 3.94. The van der Waals surface area contributed by atoms with Gasteiger partial charge in [-0.3, -0.25) is 0 Å². The van der Waals surface area contributed by atoms with Gasteiger partial charge in [-0.2, -0.15) is 4.31 Å². The quantitative estimate of drug-likeness (QED) is 0.813. The average Bonchev–Trinajstić information content (AvgIpc) is 3.01. The SMILES string of the molecule is CS(=O)(=O)N1CCN(C(=O)NCCCn2ccc3ccccc32)CC1. The molecule has 1 aliphatic rings. The van der Waals surface area contributed by atoms with E-state index in [1.54, 1.807) is 4.90 Å². The van der Waals surface area contributed by atoms with Crippen molar-refractivity contribution in [1.29, 1.82) is 0 Å². The number of benzene rings is 1. The molecule has 1 aliphatic heterocycles. The molecule has 1 aromatic carbocycles. The number of nitrogens with zero attached hydrogens (tertiary/aromatic N) is 3. The topological polar surface area (TPSA) is 74.7 Å². The van der Waals surface area contributed by atoms with Gasteiger partial charge in [0.25, 0.3) is 0 Å². The second-order valence-corrected chi connectivity index (χ2v) is 8.28. The van der Waals surface area contributed by atoms with E-state index in [1.807, 2.05) is 12.1 Å². The van der Waals surface area contributed by atoms with Crippen molar-refractivity contribution >= 4 is 27.0 Å². The molecule has 3 rings (SSSR count). The molecule has 0 saturated carbocycles. The molecule has 0 unspecified atom stereocenters. The van der Waals surface area contributed by atoms with E-state index in [4.69, 9.17) is 0 Å². The highest BCUT2D eigenvalue weighted by molar-refractivity contribution is 7.88. The molecule has 7 nitrogen and oxygen atoms in total. The fourth-order valence-electron chi connectivity index (χ4n) is 3.11. The second-order valence-electron chi connectivity index (χ2n) is 6.30. The minimum atomic E-state index is -3.17. The summed E-state index contributed by atoms with van der Waals surface area (Å²) in [5.74, 6) is 0. The fraction of sp³-hybridized carbons (Fsp3) is 0.471. The molecule has 1 N–H and O–H groups in total. The Balaban J connectivity index is 1.41. The molecule has 25 heavy (non-hydrogen) atoms. The lowest BCUT2D eigenvalue weighted by Crippen LogP contribution is -2.53. The minimum Gasteiger partial charge on any atom is -0.347 e. The Kier molecular flexibility index (Phi) is 5.29. The van der Waals surface area contributed by atoms with Crippen molar-refractivity contribution < 1.29 is 13.2 Å². The van der Waals surface area contributed by atoms with E-state index in [9.17, 15) is 13.2 Å². The largest absolute Gasteiger partial charge is 0.347 e. The van der Waals surface area contributed by atoms with Crippen molar-refractivity contribution in [1.82, 2.24) is 19.1 Å². The smallest absolute Gasteiger partial charge is 0.317 e. The highest BCUT2D eigenvalue weighted by atomic mass is 32.2. The maximum absolute atomic E-state index is 12.2. The van der Waals surface area contributed by atoms with Gasteiger partial charge in [0.05, 0.1) is 6.26 Å². The summed E-state index contributed by atoms with van der Waals surface area (Å²) in [6, 6.07) is 10.2. The Labute approximate surface area is 148 Å². The third-order valence-corrected chi connectivity index (χ3v) is 5.83. The number of carbonyl (C=O) groups is 1. The van der Waals surface area contributed by atoms with E-state index in [-0.39, 0.29) is 6.03 Å². The van der Waals surface area contributed by atoms with Crippen LogP contribution in [0.1, 0.15) is 6.42 Å². The number of carbonyl (C=O) groups excluding carboxylic acids is 1. The first-order valence-electron chi connectivity index (χ1n) is 8.47. The number of aromatic nitrogens is 1. The summed E-state index contributed by atoms with van der Waals surface area (Å²) in [6.45, 7) is 3.03. The van der Waals surface area contributed by atoms with Gasteiger partial charge in [-0.15, -0.1) is 0 Å². The molecular weight excluding hydrogens is 340 g/mol. The van der Waals surface area contributed by atoms with Crippen molar-refractivity contribution in [2.24, 2.45) is 0 Å². The maximum Gasteiger partial charge on any atom is 0.317 e. The number of urea groups is 1. The number of nitrogens with one attached hydrogen (secondary N) is 1. The molecule has 136 valence electrons. The number of hydrogen-bond donors (Lipinski definition) is 1. The van der Waals surface area contributed by atoms with Gasteiger partial charge in [0.2, 0.25) is 10.0 Å². The zero-order valence-corrected chi connectivity index (χ0v) is 15.2. The Morgan fingerprint density at radius 3 is 2.56 bits per heavy atom. The molecule has 1 fully saturated rings. The van der Waals surface area contributed by atoms with Crippen molar-refractivity contribution in [2.75, 3.05) is 39.0 Å². The predicted octanol–water partition coefficient (Wildman–Crippen LogP) is 1.32. The first-order chi connectivity index (χ1) is 11.9. The lowest BCUT2D eigenvalue weighted by Gasteiger charge is -2.33. The van der Waals surface area contributed by atoms with Crippen LogP contribution in [0, 0.1) is 0 Å². The standard InChI is InChI=1S/C17H24N4O3S/c1-25(23,24)21-13-11-20(12-14-21)17(22)18-8-4-9-19-10-7-15-5-2-3-6-16(15)19/h2-3,5-7,10H,4,8-9,11-14H2,1H3,(H,18,22). The van der Waals surface area contributed by atoms with Crippen LogP contribution in [-0.4, -0.2) is 67.2 Å². The van der Waals surface area contributed by atoms with Gasteiger partial charge < -0.3 is 14.8 Å². The van der Waals surface area contributed by atoms with Gasteiger partial charge in [0.15, 0.2) is 0 Å². The maximum atomic E-state index is 12.2. The summed E-state index contributed by atoms with van der Waals surface area (Å²) in [7, 11) is -3.17. The number of aryl methyl sites for hydroxylation is 1. The highest BCUT2D eigenvalue weighted by Crippen LogP contribution is 2.15. The van der Waals surface area contributed by atoms with E-state index < -0.39 is 10.0 Å². The second kappa shape index (κ2) is 7.45. The molecule has 1 saturated heterocycles. The normalized spacial score (nSPS) is 16.3. The third-order valence-electron chi connectivity index (χ3n) is 4.53. The summed E-state index contributed by atoms with van der Waals surface area (Å²) >= 11 is 0. The Morgan fingerprint density at radius 2 is 1.84 bits per heavy atom. The number of fused-ring (bicyclic) bond motifs is 1. The van der Waals surface area contributed by atoms with Crippen molar-refractivity contribution in [3.8, 4) is 0 Å². The molecular formula is C17H24N4O3S. The molecule has 0 bridgehead atoms. The van der Waals surface area contributed by atoms with Gasteiger partial charge >= 0.3 is 6.03 Å². The first kappa shape index (κ1) is 17.8. The van der Waals surface area contributed by atoms with Gasteiger partial charge in [-0.25, -0.2) is 13.2 Å². The monoisotopic (exact) mass is 364 g/mol. The van der Waals surface area contributed by atoms with Crippen molar-refractivity contribution in [3.05, 3.63) is 36.5 Å². The zero-order valence-electron chi connectivity index (χ0n) is 14.4. The molecule has 0 atom stereocenters. The van der Waals surface area contributed by atoms with Crippen LogP contribution in [0.25, 0.3) is 10.9 Å². The minimum absolute atomic E-state index is 0.120. The van der Waals surface area contributed by atoms with Crippen LogP contribution in [0.5, 0.6) is 0 Å². The number of para-hydroxylation sites is 1. The summed E-state index contributed by atoms with van der Waals surface area (Å²) in [5, 5.41) is 4.14. The highest BCUT2D eigenvalue weighted by Gasteiger charge is 2.25. The molecule has 1 aromatic heterocycles. The predicted molar refractivity (Wildman–Crippen MR) is 97.9 cm³/mol. The Hall–Kier alpha value is -2.06. The Bertz CT molecular complexity index is 838. The van der Waals surface area contributed by atoms with Gasteiger partial charge in [0.1, 0.15) is 0 Å². The summed E-state index contributed by atoms with van der Waals surface area (Å²) in [4.78, 5) is 13.8. The molecule has 0 aliphatic carbocycles. The number of sulfonamides is 1. The van der Waals surface area contributed by atoms with Crippen LogP contribution >= 0.6 is 0 Å². The molecule has 0 spiro atoms. The number of amides is 2. The van der Waals surface area contributed by atoms with Crippen molar-refractivity contribution in [3.63, 3.8) is 0 Å². The van der Waals surface area contributed by atoms with Crippen LogP contribution in [0.4, 0.5) is 4.79 Å². The number of piperazine rings is 1. The van der Waals surface area contributed by atoms with Crippen LogP contribution in [0.3, 0.4) is 0 Å². The molecule has 2 aromatic rings.